The van der Waals surface area contributed by atoms with Crippen LogP contribution in [0.2, 0.25) is 0 Å². The molecule has 1 atom stereocenters. The molecule has 0 spiro atoms. The summed E-state index contributed by atoms with van der Waals surface area (Å²) in [6.45, 7) is 4.00. The second-order valence-electron chi connectivity index (χ2n) is 7.54. The lowest BCUT2D eigenvalue weighted by Crippen LogP contribution is -2.40. The molecule has 0 amide bonds. The molecule has 0 saturated carbocycles. The van der Waals surface area contributed by atoms with Gasteiger partial charge in [0.1, 0.15) is 17.5 Å². The number of aromatic nitrogens is 1. The zero-order valence-corrected chi connectivity index (χ0v) is 21.1. The zero-order chi connectivity index (χ0) is 24.2. The molecule has 0 aliphatic carbocycles. The fraction of sp³-hybridized carbons (Fsp3) is 0.320. The van der Waals surface area contributed by atoms with E-state index in [1.807, 2.05) is 30.5 Å². The molecule has 3 aromatic rings. The molecule has 0 unspecified atom stereocenters. The molecule has 0 bridgehead atoms. The number of rotatable bonds is 8. The smallest absolute Gasteiger partial charge is 0.338 e. The number of fused-ring (bicyclic) bond motifs is 1. The van der Waals surface area contributed by atoms with Crippen molar-refractivity contribution in [2.45, 2.75) is 32.7 Å². The first-order chi connectivity index (χ1) is 16.5. The SMILES string of the molecule is CCCC1=C(C(=O)OCC)[C@H](c2cc(OC)ccc2OC)n2c(s/c(=C\c3cccs3)c2=O)=N1. The number of hydrogen-bond donors (Lipinski definition) is 0. The molecule has 2 aromatic heterocycles. The lowest BCUT2D eigenvalue weighted by molar-refractivity contribution is -0.139. The molecule has 3 heterocycles. The van der Waals surface area contributed by atoms with E-state index in [2.05, 4.69) is 0 Å². The molecule has 0 saturated heterocycles. The van der Waals surface area contributed by atoms with Gasteiger partial charge in [0.05, 0.1) is 36.6 Å². The van der Waals surface area contributed by atoms with Crippen molar-refractivity contribution >= 4 is 34.7 Å². The zero-order valence-electron chi connectivity index (χ0n) is 19.5. The third kappa shape index (κ3) is 4.45. The lowest BCUT2D eigenvalue weighted by Gasteiger charge is -2.27. The molecule has 7 nitrogen and oxygen atoms in total. The van der Waals surface area contributed by atoms with Gasteiger partial charge >= 0.3 is 5.97 Å². The van der Waals surface area contributed by atoms with Gasteiger partial charge in [0.2, 0.25) is 0 Å². The van der Waals surface area contributed by atoms with E-state index in [1.165, 1.54) is 11.3 Å². The first-order valence-corrected chi connectivity index (χ1v) is 12.7. The third-order valence-electron chi connectivity index (χ3n) is 5.44. The predicted octanol–water partition coefficient (Wildman–Crippen LogP) is 3.66. The van der Waals surface area contributed by atoms with Gasteiger partial charge < -0.3 is 14.2 Å². The number of thiophene rings is 1. The number of methoxy groups -OCH3 is 2. The van der Waals surface area contributed by atoms with Gasteiger partial charge in [-0.05, 0) is 49.1 Å². The highest BCUT2D eigenvalue weighted by molar-refractivity contribution is 7.11. The minimum atomic E-state index is -0.757. The Morgan fingerprint density at radius 3 is 2.68 bits per heavy atom. The highest BCUT2D eigenvalue weighted by atomic mass is 32.1. The monoisotopic (exact) mass is 498 g/mol. The topological polar surface area (TPSA) is 79.1 Å². The van der Waals surface area contributed by atoms with Crippen LogP contribution in [0.25, 0.3) is 6.08 Å². The number of carbonyl (C=O) groups is 1. The molecular formula is C25H26N2O5S2. The van der Waals surface area contributed by atoms with Crippen LogP contribution in [0.5, 0.6) is 11.5 Å². The van der Waals surface area contributed by atoms with Crippen molar-refractivity contribution in [3.05, 3.63) is 77.1 Å². The molecule has 1 aliphatic heterocycles. The average molecular weight is 499 g/mol. The Morgan fingerprint density at radius 2 is 2.03 bits per heavy atom. The summed E-state index contributed by atoms with van der Waals surface area (Å²) in [5.41, 5.74) is 1.40. The standard InChI is InChI=1S/C25H26N2O5S2/c1-5-8-18-21(24(29)32-6-2)22(17-13-15(30-3)10-11-19(17)31-4)27-23(28)20(34-25(27)26-18)14-16-9-7-12-33-16/h7,9-14,22H,5-6,8H2,1-4H3/b20-14-/t22-/m0/s1. The Labute approximate surface area is 205 Å². The number of hydrogen-bond acceptors (Lipinski definition) is 8. The van der Waals surface area contributed by atoms with Gasteiger partial charge in [-0.25, -0.2) is 9.79 Å². The fourth-order valence-corrected chi connectivity index (χ4v) is 5.71. The van der Waals surface area contributed by atoms with Crippen molar-refractivity contribution in [3.8, 4) is 11.5 Å². The van der Waals surface area contributed by atoms with Crippen LogP contribution in [0.3, 0.4) is 0 Å². The number of carbonyl (C=O) groups excluding carboxylic acids is 1. The number of allylic oxidation sites excluding steroid dienone is 1. The molecule has 9 heteroatoms. The molecule has 178 valence electrons. The van der Waals surface area contributed by atoms with Crippen LogP contribution < -0.4 is 24.4 Å². The average Bonchev–Trinajstić information content (AvgIpc) is 3.46. The van der Waals surface area contributed by atoms with Crippen molar-refractivity contribution in [2.24, 2.45) is 4.99 Å². The highest BCUT2D eigenvalue weighted by Gasteiger charge is 2.36. The molecule has 0 N–H and O–H groups in total. The van der Waals surface area contributed by atoms with Crippen LogP contribution >= 0.6 is 22.7 Å². The van der Waals surface area contributed by atoms with Gasteiger partial charge in [-0.1, -0.05) is 30.7 Å². The fourth-order valence-electron chi connectivity index (χ4n) is 3.97. The minimum Gasteiger partial charge on any atom is -0.497 e. The molecule has 1 aromatic carbocycles. The first-order valence-electron chi connectivity index (χ1n) is 11.0. The summed E-state index contributed by atoms with van der Waals surface area (Å²) in [4.78, 5) is 33.3. The summed E-state index contributed by atoms with van der Waals surface area (Å²) in [5.74, 6) is 0.643. The summed E-state index contributed by atoms with van der Waals surface area (Å²) < 4.78 is 18.7. The van der Waals surface area contributed by atoms with Crippen LogP contribution in [0, 0.1) is 0 Å². The van der Waals surface area contributed by atoms with Gasteiger partial charge in [-0.15, -0.1) is 11.3 Å². The predicted molar refractivity (Wildman–Crippen MR) is 133 cm³/mol. The Balaban J connectivity index is 2.07. The molecule has 34 heavy (non-hydrogen) atoms. The number of ether oxygens (including phenoxy) is 3. The van der Waals surface area contributed by atoms with Crippen molar-refractivity contribution in [2.75, 3.05) is 20.8 Å². The van der Waals surface area contributed by atoms with Gasteiger partial charge in [0.25, 0.3) is 5.56 Å². The molecular weight excluding hydrogens is 472 g/mol. The van der Waals surface area contributed by atoms with Gasteiger partial charge in [0, 0.05) is 10.4 Å². The van der Waals surface area contributed by atoms with Crippen molar-refractivity contribution < 1.29 is 19.0 Å². The van der Waals surface area contributed by atoms with E-state index in [1.54, 1.807) is 55.2 Å². The molecule has 1 aliphatic rings. The van der Waals surface area contributed by atoms with Gasteiger partial charge in [-0.2, -0.15) is 0 Å². The maximum absolute atomic E-state index is 13.7. The summed E-state index contributed by atoms with van der Waals surface area (Å²) in [6.07, 6.45) is 3.22. The number of esters is 1. The van der Waals surface area contributed by atoms with Crippen LogP contribution in [0.15, 0.2) is 56.8 Å². The molecule has 0 fully saturated rings. The van der Waals surface area contributed by atoms with Crippen LogP contribution in [-0.4, -0.2) is 31.4 Å². The van der Waals surface area contributed by atoms with E-state index in [-0.39, 0.29) is 12.2 Å². The highest BCUT2D eigenvalue weighted by Crippen LogP contribution is 2.38. The van der Waals surface area contributed by atoms with Crippen molar-refractivity contribution in [1.29, 1.82) is 0 Å². The van der Waals surface area contributed by atoms with E-state index in [0.717, 1.165) is 11.3 Å². The maximum atomic E-state index is 13.7. The second kappa shape index (κ2) is 10.4. The largest absolute Gasteiger partial charge is 0.497 e. The van der Waals surface area contributed by atoms with E-state index in [0.29, 0.717) is 44.1 Å². The summed E-state index contributed by atoms with van der Waals surface area (Å²) in [5, 5.41) is 1.96. The summed E-state index contributed by atoms with van der Waals surface area (Å²) in [7, 11) is 3.13. The first kappa shape index (κ1) is 24.0. The Hall–Kier alpha value is -3.17. The van der Waals surface area contributed by atoms with Crippen molar-refractivity contribution in [1.82, 2.24) is 4.57 Å². The normalized spacial score (nSPS) is 15.6. The van der Waals surface area contributed by atoms with E-state index in [4.69, 9.17) is 19.2 Å². The number of thiazole rings is 1. The van der Waals surface area contributed by atoms with Crippen LogP contribution in [0.1, 0.15) is 43.2 Å². The van der Waals surface area contributed by atoms with Crippen LogP contribution in [0.4, 0.5) is 0 Å². The van der Waals surface area contributed by atoms with E-state index < -0.39 is 12.0 Å². The minimum absolute atomic E-state index is 0.215. The molecule has 0 radical (unpaired) electrons. The van der Waals surface area contributed by atoms with Gasteiger partial charge in [0.15, 0.2) is 4.80 Å². The van der Waals surface area contributed by atoms with E-state index >= 15 is 0 Å². The Bertz CT molecular complexity index is 1400. The summed E-state index contributed by atoms with van der Waals surface area (Å²) >= 11 is 2.87. The summed E-state index contributed by atoms with van der Waals surface area (Å²) in [6, 6.07) is 8.50. The van der Waals surface area contributed by atoms with Crippen LogP contribution in [-0.2, 0) is 9.53 Å². The lowest BCUT2D eigenvalue weighted by atomic mass is 9.93. The molecule has 4 rings (SSSR count). The van der Waals surface area contributed by atoms with Crippen molar-refractivity contribution in [3.63, 3.8) is 0 Å². The Morgan fingerprint density at radius 1 is 1.21 bits per heavy atom. The van der Waals surface area contributed by atoms with E-state index in [9.17, 15) is 9.59 Å². The number of benzene rings is 1. The third-order valence-corrected chi connectivity index (χ3v) is 7.24. The second-order valence-corrected chi connectivity index (χ2v) is 9.53. The Kier molecular flexibility index (Phi) is 7.33. The quantitative estimate of drug-likeness (QED) is 0.443. The van der Waals surface area contributed by atoms with Gasteiger partial charge in [-0.3, -0.25) is 9.36 Å². The number of nitrogens with zero attached hydrogens (tertiary/aromatic N) is 2. The maximum Gasteiger partial charge on any atom is 0.338 e.